The van der Waals surface area contributed by atoms with Gasteiger partial charge in [-0.2, -0.15) is 0 Å². The summed E-state index contributed by atoms with van der Waals surface area (Å²) in [5.41, 5.74) is 9.62. The maximum absolute atomic E-state index is 5.62. The molecule has 1 heterocycles. The van der Waals surface area contributed by atoms with Crippen molar-refractivity contribution in [1.82, 2.24) is 9.97 Å². The lowest BCUT2D eigenvalue weighted by atomic mass is 10.1. The summed E-state index contributed by atoms with van der Waals surface area (Å²) >= 11 is 4.96. The van der Waals surface area contributed by atoms with E-state index < -0.39 is 0 Å². The van der Waals surface area contributed by atoms with Crippen LogP contribution in [0.2, 0.25) is 0 Å². The van der Waals surface area contributed by atoms with Crippen molar-refractivity contribution < 1.29 is 0 Å². The standard InChI is InChI=1S/C15H18N4S/c1-3-11-6-4-5-7-12(11)9-17-15-18-10(2)8-13(19-15)14(16)20/h4-8H,3,9H2,1-2H3,(H2,16,20)(H,17,18,19). The second-order valence-corrected chi connectivity index (χ2v) is 5.00. The molecular weight excluding hydrogens is 268 g/mol. The third-order valence-electron chi connectivity index (χ3n) is 3.04. The van der Waals surface area contributed by atoms with Crippen LogP contribution in [0.1, 0.15) is 29.4 Å². The van der Waals surface area contributed by atoms with Crippen LogP contribution in [0, 0.1) is 6.92 Å². The number of rotatable bonds is 5. The molecule has 0 saturated heterocycles. The predicted octanol–water partition coefficient (Wildman–Crippen LogP) is 2.59. The van der Waals surface area contributed by atoms with Gasteiger partial charge in [-0.1, -0.05) is 43.4 Å². The Hall–Kier alpha value is -2.01. The van der Waals surface area contributed by atoms with E-state index >= 15 is 0 Å². The van der Waals surface area contributed by atoms with Gasteiger partial charge in [-0.05, 0) is 30.5 Å². The van der Waals surface area contributed by atoms with Crippen LogP contribution in [0.15, 0.2) is 30.3 Å². The first kappa shape index (κ1) is 14.4. The van der Waals surface area contributed by atoms with E-state index in [9.17, 15) is 0 Å². The molecule has 0 saturated carbocycles. The van der Waals surface area contributed by atoms with E-state index in [1.54, 1.807) is 6.07 Å². The Morgan fingerprint density at radius 1 is 1.25 bits per heavy atom. The molecule has 0 unspecified atom stereocenters. The average molecular weight is 286 g/mol. The van der Waals surface area contributed by atoms with Crippen LogP contribution in [0.5, 0.6) is 0 Å². The van der Waals surface area contributed by atoms with E-state index in [4.69, 9.17) is 18.0 Å². The van der Waals surface area contributed by atoms with Crippen molar-refractivity contribution in [2.75, 3.05) is 5.32 Å². The van der Waals surface area contributed by atoms with Gasteiger partial charge in [0, 0.05) is 12.2 Å². The molecule has 5 heteroatoms. The van der Waals surface area contributed by atoms with Gasteiger partial charge in [-0.15, -0.1) is 0 Å². The zero-order valence-corrected chi connectivity index (χ0v) is 12.5. The van der Waals surface area contributed by atoms with Crippen molar-refractivity contribution in [1.29, 1.82) is 0 Å². The van der Waals surface area contributed by atoms with Crippen molar-refractivity contribution in [2.45, 2.75) is 26.8 Å². The third-order valence-corrected chi connectivity index (χ3v) is 3.25. The minimum Gasteiger partial charge on any atom is -0.388 e. The number of hydrogen-bond acceptors (Lipinski definition) is 4. The quantitative estimate of drug-likeness (QED) is 0.827. The molecule has 2 rings (SSSR count). The van der Waals surface area contributed by atoms with Gasteiger partial charge in [-0.25, -0.2) is 9.97 Å². The largest absolute Gasteiger partial charge is 0.388 e. The van der Waals surface area contributed by atoms with Crippen molar-refractivity contribution in [3.05, 3.63) is 52.8 Å². The fourth-order valence-corrected chi connectivity index (χ4v) is 2.13. The van der Waals surface area contributed by atoms with Gasteiger partial charge in [0.15, 0.2) is 0 Å². The molecular formula is C15H18N4S. The van der Waals surface area contributed by atoms with Crippen molar-refractivity contribution in [3.8, 4) is 0 Å². The number of aryl methyl sites for hydroxylation is 2. The summed E-state index contributed by atoms with van der Waals surface area (Å²) in [7, 11) is 0. The monoisotopic (exact) mass is 286 g/mol. The normalized spacial score (nSPS) is 10.3. The Labute approximate surface area is 124 Å². The van der Waals surface area contributed by atoms with E-state index in [-0.39, 0.29) is 4.99 Å². The molecule has 4 nitrogen and oxygen atoms in total. The number of nitrogens with two attached hydrogens (primary N) is 1. The maximum atomic E-state index is 5.62. The van der Waals surface area contributed by atoms with Gasteiger partial charge in [-0.3, -0.25) is 0 Å². The second-order valence-electron chi connectivity index (χ2n) is 4.56. The molecule has 0 aliphatic rings. The molecule has 0 atom stereocenters. The molecule has 0 amide bonds. The highest BCUT2D eigenvalue weighted by Crippen LogP contribution is 2.12. The smallest absolute Gasteiger partial charge is 0.223 e. The Kier molecular flexibility index (Phi) is 4.63. The van der Waals surface area contributed by atoms with Crippen molar-refractivity contribution >= 4 is 23.2 Å². The van der Waals surface area contributed by atoms with Gasteiger partial charge in [0.05, 0.1) is 0 Å². The first-order valence-corrected chi connectivity index (χ1v) is 6.97. The summed E-state index contributed by atoms with van der Waals surface area (Å²) in [5, 5.41) is 3.23. The van der Waals surface area contributed by atoms with Crippen LogP contribution in [0.3, 0.4) is 0 Å². The fraction of sp³-hybridized carbons (Fsp3) is 0.267. The molecule has 0 spiro atoms. The van der Waals surface area contributed by atoms with Gasteiger partial charge in [0.2, 0.25) is 5.95 Å². The molecule has 20 heavy (non-hydrogen) atoms. The molecule has 1 aromatic heterocycles. The molecule has 0 aliphatic heterocycles. The number of nitrogens with zero attached hydrogens (tertiary/aromatic N) is 2. The van der Waals surface area contributed by atoms with Crippen LogP contribution >= 0.6 is 12.2 Å². The second kappa shape index (κ2) is 6.43. The summed E-state index contributed by atoms with van der Waals surface area (Å²) in [4.78, 5) is 8.95. The van der Waals surface area contributed by atoms with E-state index in [1.807, 2.05) is 13.0 Å². The Morgan fingerprint density at radius 2 is 1.95 bits per heavy atom. The molecule has 0 bridgehead atoms. The lowest BCUT2D eigenvalue weighted by molar-refractivity contribution is 0.995. The van der Waals surface area contributed by atoms with Crippen LogP contribution in [0.25, 0.3) is 0 Å². The molecule has 3 N–H and O–H groups in total. The van der Waals surface area contributed by atoms with Crippen molar-refractivity contribution in [2.24, 2.45) is 5.73 Å². The zero-order valence-electron chi connectivity index (χ0n) is 11.7. The molecule has 0 radical (unpaired) electrons. The first-order valence-electron chi connectivity index (χ1n) is 6.56. The Morgan fingerprint density at radius 3 is 2.60 bits per heavy atom. The molecule has 2 aromatic rings. The summed E-state index contributed by atoms with van der Waals surface area (Å²) < 4.78 is 0. The van der Waals surface area contributed by atoms with E-state index in [1.165, 1.54) is 11.1 Å². The highest BCUT2D eigenvalue weighted by Gasteiger charge is 2.05. The summed E-state index contributed by atoms with van der Waals surface area (Å²) in [6.07, 6.45) is 1.00. The maximum Gasteiger partial charge on any atom is 0.223 e. The van der Waals surface area contributed by atoms with E-state index in [2.05, 4.69) is 40.4 Å². The summed E-state index contributed by atoms with van der Waals surface area (Å²) in [5.74, 6) is 0.554. The minimum absolute atomic E-state index is 0.285. The van der Waals surface area contributed by atoms with Gasteiger partial charge in [0.1, 0.15) is 10.7 Å². The van der Waals surface area contributed by atoms with E-state index in [0.717, 1.165) is 12.1 Å². The average Bonchev–Trinajstić information content (AvgIpc) is 2.44. The SMILES string of the molecule is CCc1ccccc1CNc1nc(C)cc(C(N)=S)n1. The van der Waals surface area contributed by atoms with Gasteiger partial charge < -0.3 is 11.1 Å². The predicted molar refractivity (Wildman–Crippen MR) is 85.8 cm³/mol. The lowest BCUT2D eigenvalue weighted by Gasteiger charge is -2.10. The summed E-state index contributed by atoms with van der Waals surface area (Å²) in [6, 6.07) is 10.1. The Balaban J connectivity index is 2.16. The number of hydrogen-bond donors (Lipinski definition) is 2. The highest BCUT2D eigenvalue weighted by atomic mass is 32.1. The molecule has 0 aliphatic carbocycles. The van der Waals surface area contributed by atoms with Gasteiger partial charge in [0.25, 0.3) is 0 Å². The first-order chi connectivity index (χ1) is 9.60. The minimum atomic E-state index is 0.285. The van der Waals surface area contributed by atoms with Crippen LogP contribution in [-0.2, 0) is 13.0 Å². The number of anilines is 1. The van der Waals surface area contributed by atoms with Crippen molar-refractivity contribution in [3.63, 3.8) is 0 Å². The highest BCUT2D eigenvalue weighted by molar-refractivity contribution is 7.80. The molecule has 1 aromatic carbocycles. The Bertz CT molecular complexity index is 625. The molecule has 0 fully saturated rings. The lowest BCUT2D eigenvalue weighted by Crippen LogP contribution is -2.15. The third kappa shape index (κ3) is 3.51. The number of aromatic nitrogens is 2. The molecule has 104 valence electrons. The van der Waals surface area contributed by atoms with E-state index in [0.29, 0.717) is 18.2 Å². The van der Waals surface area contributed by atoms with Crippen LogP contribution in [-0.4, -0.2) is 15.0 Å². The zero-order chi connectivity index (χ0) is 14.5. The van der Waals surface area contributed by atoms with Crippen LogP contribution < -0.4 is 11.1 Å². The topological polar surface area (TPSA) is 63.8 Å². The summed E-state index contributed by atoms with van der Waals surface area (Å²) in [6.45, 7) is 4.73. The number of nitrogens with one attached hydrogen (secondary N) is 1. The number of thiocarbonyl (C=S) groups is 1. The number of benzene rings is 1. The van der Waals surface area contributed by atoms with Crippen LogP contribution in [0.4, 0.5) is 5.95 Å². The van der Waals surface area contributed by atoms with Gasteiger partial charge >= 0.3 is 0 Å². The fourth-order valence-electron chi connectivity index (χ4n) is 2.02.